The van der Waals surface area contributed by atoms with Crippen molar-refractivity contribution < 1.29 is 18.0 Å². The molecule has 32 heavy (non-hydrogen) atoms. The number of alkyl halides is 3. The van der Waals surface area contributed by atoms with Gasteiger partial charge in [0.15, 0.2) is 0 Å². The van der Waals surface area contributed by atoms with Gasteiger partial charge in [0.1, 0.15) is 23.5 Å². The molecule has 1 aliphatic rings. The minimum absolute atomic E-state index is 0.123. The number of fused-ring (bicyclic) bond motifs is 4. The van der Waals surface area contributed by atoms with E-state index in [4.69, 9.17) is 0 Å². The van der Waals surface area contributed by atoms with Crippen molar-refractivity contribution in [3.05, 3.63) is 44.6 Å². The van der Waals surface area contributed by atoms with E-state index in [9.17, 15) is 22.8 Å². The third kappa shape index (κ3) is 4.07. The Morgan fingerprint density at radius 1 is 1.25 bits per heavy atom. The van der Waals surface area contributed by atoms with Crippen LogP contribution in [0, 0.1) is 5.92 Å². The molecule has 0 saturated heterocycles. The Labute approximate surface area is 186 Å². The van der Waals surface area contributed by atoms with Gasteiger partial charge >= 0.3 is 11.0 Å². The predicted molar refractivity (Wildman–Crippen MR) is 118 cm³/mol. The van der Waals surface area contributed by atoms with E-state index in [-0.39, 0.29) is 4.87 Å². The molecule has 0 spiro atoms. The lowest BCUT2D eigenvalue weighted by molar-refractivity contribution is -0.141. The molecule has 1 aliphatic carbocycles. The fraction of sp³-hybridized carbons (Fsp3) is 0.300. The summed E-state index contributed by atoms with van der Waals surface area (Å²) in [6, 6.07) is 5.53. The minimum atomic E-state index is -4.43. The number of aromatic nitrogens is 3. The quantitative estimate of drug-likeness (QED) is 0.409. The highest BCUT2D eigenvalue weighted by atomic mass is 32.1. The van der Waals surface area contributed by atoms with Crippen molar-refractivity contribution in [2.75, 3.05) is 11.9 Å². The lowest BCUT2D eigenvalue weighted by Gasteiger charge is -2.22. The molecule has 0 fully saturated rings. The molecule has 3 aromatic heterocycles. The van der Waals surface area contributed by atoms with E-state index in [1.807, 2.05) is 23.5 Å². The number of hydrogen-bond donors (Lipinski definition) is 3. The maximum atomic E-state index is 12.4. The van der Waals surface area contributed by atoms with Crippen LogP contribution in [-0.2, 0) is 17.6 Å². The van der Waals surface area contributed by atoms with Crippen LogP contribution in [0.25, 0.3) is 20.4 Å². The Balaban J connectivity index is 1.41. The summed E-state index contributed by atoms with van der Waals surface area (Å²) in [5.41, 5.74) is 2.56. The molecule has 166 valence electrons. The Morgan fingerprint density at radius 2 is 2.09 bits per heavy atom. The number of benzene rings is 1. The number of aromatic amines is 1. The van der Waals surface area contributed by atoms with Crippen molar-refractivity contribution in [2.45, 2.75) is 25.4 Å². The van der Waals surface area contributed by atoms with Gasteiger partial charge in [0.05, 0.1) is 15.6 Å². The number of thiazole rings is 1. The number of halogens is 3. The molecule has 0 radical (unpaired) electrons. The molecule has 1 unspecified atom stereocenters. The smallest absolute Gasteiger partial charge is 0.347 e. The van der Waals surface area contributed by atoms with Crippen molar-refractivity contribution >= 4 is 60.5 Å². The van der Waals surface area contributed by atoms with Gasteiger partial charge < -0.3 is 15.6 Å². The Kier molecular flexibility index (Phi) is 5.13. The highest BCUT2D eigenvalue weighted by Gasteiger charge is 2.32. The van der Waals surface area contributed by atoms with Gasteiger partial charge in [-0.05, 0) is 43.0 Å². The number of nitrogens with zero attached hydrogens (tertiary/aromatic N) is 2. The number of aryl methyl sites for hydroxylation is 1. The molecule has 3 N–H and O–H groups in total. The lowest BCUT2D eigenvalue weighted by Crippen LogP contribution is -2.39. The zero-order valence-corrected chi connectivity index (χ0v) is 18.0. The number of H-pyrrole nitrogens is 1. The molecular formula is C20H16F3N5O2S2. The topological polar surface area (TPSA) is 99.8 Å². The number of hydrogen-bond acceptors (Lipinski definition) is 7. The fourth-order valence-electron chi connectivity index (χ4n) is 3.92. The standard InChI is InChI=1S/C20H16F3N5O2S2/c21-20(22,23)7-24-17(29)9-1-3-11-13(5-9)31-18-15(11)16(25-8-26-18)27-10-2-4-12-14(6-10)32-19(30)28-12/h2,4,6,8-9H,1,3,5,7H2,(H,24,29)(H,28,30)(H,25,26,27). The highest BCUT2D eigenvalue weighted by Crippen LogP contribution is 2.40. The van der Waals surface area contributed by atoms with Crippen LogP contribution >= 0.6 is 22.7 Å². The third-order valence-electron chi connectivity index (χ3n) is 5.36. The molecule has 3 heterocycles. The number of carbonyl (C=O) groups is 1. The molecule has 5 rings (SSSR count). The number of thiophene rings is 1. The van der Waals surface area contributed by atoms with Gasteiger partial charge in [0, 0.05) is 16.5 Å². The minimum Gasteiger partial charge on any atom is -0.347 e. The Hall–Kier alpha value is -2.99. The second kappa shape index (κ2) is 7.85. The number of amides is 1. The van der Waals surface area contributed by atoms with Crippen LogP contribution in [0.3, 0.4) is 0 Å². The second-order valence-electron chi connectivity index (χ2n) is 7.53. The summed E-state index contributed by atoms with van der Waals surface area (Å²) in [5.74, 6) is -0.454. The van der Waals surface area contributed by atoms with Crippen LogP contribution in [0.5, 0.6) is 0 Å². The number of anilines is 2. The molecule has 1 atom stereocenters. The van der Waals surface area contributed by atoms with Gasteiger partial charge in [-0.15, -0.1) is 11.3 Å². The van der Waals surface area contributed by atoms with Crippen LogP contribution in [0.15, 0.2) is 29.3 Å². The summed E-state index contributed by atoms with van der Waals surface area (Å²) in [5, 5.41) is 6.16. The average Bonchev–Trinajstić information content (AvgIpc) is 3.30. The molecule has 1 aromatic carbocycles. The highest BCUT2D eigenvalue weighted by molar-refractivity contribution is 7.19. The normalized spacial score (nSPS) is 16.3. The lowest BCUT2D eigenvalue weighted by atomic mass is 9.87. The van der Waals surface area contributed by atoms with Crippen molar-refractivity contribution in [3.63, 3.8) is 0 Å². The zero-order chi connectivity index (χ0) is 22.5. The molecular weight excluding hydrogens is 463 g/mol. The largest absolute Gasteiger partial charge is 0.405 e. The molecule has 4 aromatic rings. The van der Waals surface area contributed by atoms with Crippen molar-refractivity contribution in [1.29, 1.82) is 0 Å². The first kappa shape index (κ1) is 20.9. The summed E-state index contributed by atoms with van der Waals surface area (Å²) < 4.78 is 38.1. The van der Waals surface area contributed by atoms with Crippen molar-refractivity contribution in [3.8, 4) is 0 Å². The van der Waals surface area contributed by atoms with Gasteiger partial charge in [-0.3, -0.25) is 9.59 Å². The summed E-state index contributed by atoms with van der Waals surface area (Å²) in [7, 11) is 0. The van der Waals surface area contributed by atoms with E-state index < -0.39 is 24.5 Å². The Morgan fingerprint density at radius 3 is 2.91 bits per heavy atom. The van der Waals surface area contributed by atoms with Crippen molar-refractivity contribution in [2.24, 2.45) is 5.92 Å². The van der Waals surface area contributed by atoms with Crippen LogP contribution in [0.4, 0.5) is 24.7 Å². The molecule has 0 saturated carbocycles. The molecule has 7 nitrogen and oxygen atoms in total. The first-order chi connectivity index (χ1) is 15.3. The van der Waals surface area contributed by atoms with E-state index in [0.29, 0.717) is 25.1 Å². The van der Waals surface area contributed by atoms with E-state index in [1.54, 1.807) is 0 Å². The monoisotopic (exact) mass is 479 g/mol. The maximum absolute atomic E-state index is 12.4. The number of nitrogens with one attached hydrogen (secondary N) is 3. The molecule has 1 amide bonds. The summed E-state index contributed by atoms with van der Waals surface area (Å²) >= 11 is 2.56. The summed E-state index contributed by atoms with van der Waals surface area (Å²) in [6.45, 7) is -1.32. The van der Waals surface area contributed by atoms with Gasteiger partial charge in [-0.25, -0.2) is 9.97 Å². The first-order valence-corrected chi connectivity index (χ1v) is 11.4. The van der Waals surface area contributed by atoms with E-state index in [1.165, 1.54) is 17.7 Å². The second-order valence-corrected chi connectivity index (χ2v) is 9.63. The van der Waals surface area contributed by atoms with E-state index >= 15 is 0 Å². The fourth-order valence-corrected chi connectivity index (χ4v) is 5.96. The molecule has 0 bridgehead atoms. The summed E-state index contributed by atoms with van der Waals surface area (Å²) in [4.78, 5) is 36.9. The van der Waals surface area contributed by atoms with Crippen molar-refractivity contribution in [1.82, 2.24) is 20.3 Å². The Bertz CT molecular complexity index is 1390. The van der Waals surface area contributed by atoms with Gasteiger partial charge in [-0.2, -0.15) is 13.2 Å². The van der Waals surface area contributed by atoms with Gasteiger partial charge in [0.25, 0.3) is 0 Å². The third-order valence-corrected chi connectivity index (χ3v) is 7.37. The molecule has 12 heteroatoms. The number of rotatable bonds is 4. The average molecular weight is 480 g/mol. The zero-order valence-electron chi connectivity index (χ0n) is 16.4. The van der Waals surface area contributed by atoms with Gasteiger partial charge in [0.2, 0.25) is 5.91 Å². The molecule has 0 aliphatic heterocycles. The predicted octanol–water partition coefficient (Wildman–Crippen LogP) is 4.12. The summed E-state index contributed by atoms with van der Waals surface area (Å²) in [6.07, 6.45) is -1.58. The first-order valence-electron chi connectivity index (χ1n) is 9.76. The van der Waals surface area contributed by atoms with Crippen LogP contribution in [0.2, 0.25) is 0 Å². The van der Waals surface area contributed by atoms with Crippen LogP contribution in [0.1, 0.15) is 16.9 Å². The van der Waals surface area contributed by atoms with Crippen LogP contribution in [-0.4, -0.2) is 33.6 Å². The number of carbonyl (C=O) groups excluding carboxylic acids is 1. The SMILES string of the molecule is O=C(NCC(F)(F)F)C1CCc2c(sc3ncnc(Nc4ccc5[nH]c(=O)sc5c4)c23)C1. The van der Waals surface area contributed by atoms with E-state index in [2.05, 4.69) is 20.3 Å². The van der Waals surface area contributed by atoms with E-state index in [0.717, 1.165) is 47.9 Å². The van der Waals surface area contributed by atoms with Crippen LogP contribution < -0.4 is 15.5 Å². The maximum Gasteiger partial charge on any atom is 0.405 e. The van der Waals surface area contributed by atoms with Gasteiger partial charge in [-0.1, -0.05) is 11.3 Å².